The normalized spacial score (nSPS) is 10.5. The van der Waals surface area contributed by atoms with E-state index in [2.05, 4.69) is 12.6 Å². The predicted octanol–water partition coefficient (Wildman–Crippen LogP) is -1.09. The fourth-order valence-electron chi connectivity index (χ4n) is 0.609. The molecule has 0 unspecified atom stereocenters. The largest absolute Gasteiger partial charge is 1.00 e. The van der Waals surface area contributed by atoms with E-state index in [1.54, 1.807) is 12.1 Å². The summed E-state index contributed by atoms with van der Waals surface area (Å²) in [7, 11) is 1.48. The van der Waals surface area contributed by atoms with Crippen molar-refractivity contribution in [3.05, 3.63) is 24.3 Å². The first-order valence-corrected chi connectivity index (χ1v) is 5.49. The predicted molar refractivity (Wildman–Crippen MR) is 46.7 cm³/mol. The fourth-order valence-corrected chi connectivity index (χ4v) is 1.53. The molecule has 0 bridgehead atoms. The minimum Gasteiger partial charge on any atom is -0.207 e. The van der Waals surface area contributed by atoms with Gasteiger partial charge in [-0.2, -0.15) is 0 Å². The first-order chi connectivity index (χ1) is 5.00. The van der Waals surface area contributed by atoms with Crippen molar-refractivity contribution in [1.29, 1.82) is 0 Å². The van der Waals surface area contributed by atoms with Gasteiger partial charge in [0, 0.05) is 15.6 Å². The maximum Gasteiger partial charge on any atom is 1.00 e. The Morgan fingerprint density at radius 2 is 1.58 bits per heavy atom. The van der Waals surface area contributed by atoms with Gasteiger partial charge in [-0.25, -0.2) is 8.42 Å². The minimum atomic E-state index is -3.58. The van der Waals surface area contributed by atoms with Gasteiger partial charge in [-0.3, -0.25) is 0 Å². The van der Waals surface area contributed by atoms with Crippen LogP contribution in [0.2, 0.25) is 0 Å². The van der Waals surface area contributed by atoms with Crippen LogP contribution in [0.3, 0.4) is 0 Å². The van der Waals surface area contributed by atoms with Gasteiger partial charge in [0.2, 0.25) is 0 Å². The Hall–Kier alpha value is 0.810. The standard InChI is InChI=1S/C6H5ClO2S2.Na/c7-11(8,9)6-3-1-5(10)2-4-6;/h1-4,10H;/q;+1. The molecule has 0 spiro atoms. The molecule has 0 fully saturated rings. The maximum atomic E-state index is 10.7. The van der Waals surface area contributed by atoms with E-state index in [1.807, 2.05) is 0 Å². The van der Waals surface area contributed by atoms with Crippen molar-refractivity contribution in [2.45, 2.75) is 9.79 Å². The van der Waals surface area contributed by atoms with Crippen molar-refractivity contribution < 1.29 is 38.0 Å². The summed E-state index contributed by atoms with van der Waals surface area (Å²) in [5, 5.41) is 0. The quantitative estimate of drug-likeness (QED) is 0.379. The van der Waals surface area contributed by atoms with Crippen molar-refractivity contribution in [2.75, 3.05) is 0 Å². The second kappa shape index (κ2) is 4.88. The van der Waals surface area contributed by atoms with Gasteiger partial charge in [0.15, 0.2) is 0 Å². The number of halogens is 1. The molecular weight excluding hydrogens is 227 g/mol. The molecule has 1 aromatic rings. The van der Waals surface area contributed by atoms with Crippen molar-refractivity contribution in [1.82, 2.24) is 0 Å². The van der Waals surface area contributed by atoms with Crippen LogP contribution in [-0.2, 0) is 9.05 Å². The van der Waals surface area contributed by atoms with E-state index < -0.39 is 9.05 Å². The zero-order chi connectivity index (χ0) is 8.48. The van der Waals surface area contributed by atoms with Gasteiger partial charge in [0.05, 0.1) is 4.90 Å². The topological polar surface area (TPSA) is 34.1 Å². The average molecular weight is 232 g/mol. The second-order valence-corrected chi connectivity index (χ2v) is 5.01. The van der Waals surface area contributed by atoms with Crippen LogP contribution < -0.4 is 29.6 Å². The third-order valence-electron chi connectivity index (χ3n) is 1.12. The Labute approximate surface area is 103 Å². The maximum absolute atomic E-state index is 10.7. The second-order valence-electron chi connectivity index (χ2n) is 1.93. The molecule has 0 aliphatic carbocycles. The first-order valence-electron chi connectivity index (χ1n) is 2.74. The summed E-state index contributed by atoms with van der Waals surface area (Å²) in [6.45, 7) is 0. The molecule has 1 rings (SSSR count). The molecule has 1 aromatic carbocycles. The van der Waals surface area contributed by atoms with Gasteiger partial charge in [0.25, 0.3) is 9.05 Å². The molecule has 0 amide bonds. The minimum absolute atomic E-state index is 0. The molecule has 0 aromatic heterocycles. The van der Waals surface area contributed by atoms with E-state index in [4.69, 9.17) is 10.7 Å². The van der Waals surface area contributed by atoms with Crippen molar-refractivity contribution in [3.63, 3.8) is 0 Å². The van der Waals surface area contributed by atoms with E-state index >= 15 is 0 Å². The van der Waals surface area contributed by atoms with Crippen LogP contribution in [0.1, 0.15) is 0 Å². The zero-order valence-electron chi connectivity index (χ0n) is 6.36. The van der Waals surface area contributed by atoms with Crippen LogP contribution in [0.15, 0.2) is 34.1 Å². The molecule has 0 aliphatic heterocycles. The summed E-state index contributed by atoms with van der Waals surface area (Å²) in [5.41, 5.74) is 0. The molecule has 0 atom stereocenters. The SMILES string of the molecule is O=S(=O)(Cl)c1ccc(S)cc1.[Na+]. The molecule has 6 heteroatoms. The van der Waals surface area contributed by atoms with Crippen LogP contribution in [0.4, 0.5) is 0 Å². The van der Waals surface area contributed by atoms with Gasteiger partial charge in [-0.15, -0.1) is 12.6 Å². The summed E-state index contributed by atoms with van der Waals surface area (Å²) < 4.78 is 21.4. The molecular formula is C6H5ClNaO2S2+. The fraction of sp³-hybridized carbons (Fsp3) is 0. The average Bonchev–Trinajstić information content (AvgIpc) is 1.86. The third-order valence-corrected chi connectivity index (χ3v) is 2.79. The van der Waals surface area contributed by atoms with Crippen LogP contribution in [0.5, 0.6) is 0 Å². The van der Waals surface area contributed by atoms with Crippen LogP contribution in [-0.4, -0.2) is 8.42 Å². The Morgan fingerprint density at radius 1 is 1.17 bits per heavy atom. The van der Waals surface area contributed by atoms with Crippen LogP contribution in [0.25, 0.3) is 0 Å². The number of rotatable bonds is 1. The monoisotopic (exact) mass is 231 g/mol. The van der Waals surface area contributed by atoms with Crippen LogP contribution in [0, 0.1) is 0 Å². The van der Waals surface area contributed by atoms with Gasteiger partial charge in [-0.05, 0) is 24.3 Å². The Kier molecular flexibility index (Phi) is 5.21. The molecule has 12 heavy (non-hydrogen) atoms. The molecule has 2 nitrogen and oxygen atoms in total. The van der Waals surface area contributed by atoms with Gasteiger partial charge < -0.3 is 0 Å². The number of thiol groups is 1. The Bertz CT molecular complexity index is 346. The van der Waals surface area contributed by atoms with Gasteiger partial charge in [-0.1, -0.05) is 0 Å². The zero-order valence-corrected chi connectivity index (χ0v) is 10.8. The van der Waals surface area contributed by atoms with Gasteiger partial charge in [0.1, 0.15) is 0 Å². The number of hydrogen-bond acceptors (Lipinski definition) is 3. The van der Waals surface area contributed by atoms with Crippen molar-refractivity contribution in [3.8, 4) is 0 Å². The van der Waals surface area contributed by atoms with Gasteiger partial charge >= 0.3 is 29.6 Å². The van der Waals surface area contributed by atoms with E-state index in [-0.39, 0.29) is 34.5 Å². The van der Waals surface area contributed by atoms with Crippen LogP contribution >= 0.6 is 23.3 Å². The van der Waals surface area contributed by atoms with E-state index in [0.717, 1.165) is 0 Å². The first kappa shape index (κ1) is 12.8. The van der Waals surface area contributed by atoms with E-state index in [0.29, 0.717) is 4.90 Å². The van der Waals surface area contributed by atoms with Crippen molar-refractivity contribution in [2.24, 2.45) is 0 Å². The molecule has 0 saturated heterocycles. The summed E-state index contributed by atoms with van der Waals surface area (Å²) in [5.74, 6) is 0. The summed E-state index contributed by atoms with van der Waals surface area (Å²) in [6, 6.07) is 5.95. The third kappa shape index (κ3) is 3.68. The van der Waals surface area contributed by atoms with Crippen molar-refractivity contribution >= 4 is 32.4 Å². The molecule has 60 valence electrons. The smallest absolute Gasteiger partial charge is 0.207 e. The Morgan fingerprint density at radius 3 is 1.92 bits per heavy atom. The van der Waals surface area contributed by atoms with E-state index in [9.17, 15) is 8.42 Å². The molecule has 0 heterocycles. The molecule has 0 saturated carbocycles. The summed E-state index contributed by atoms with van der Waals surface area (Å²) >= 11 is 3.99. The molecule has 0 radical (unpaired) electrons. The number of hydrogen-bond donors (Lipinski definition) is 1. The van der Waals surface area contributed by atoms with E-state index in [1.165, 1.54) is 12.1 Å². The summed E-state index contributed by atoms with van der Waals surface area (Å²) in [6.07, 6.45) is 0. The Balaban J connectivity index is 0.00000121. The molecule has 0 N–H and O–H groups in total. The number of benzene rings is 1. The molecule has 0 aliphatic rings. The summed E-state index contributed by atoms with van der Waals surface area (Å²) in [4.78, 5) is 0.797.